The molecule has 29 heavy (non-hydrogen) atoms. The number of nitro benzene ring substituents is 1. The monoisotopic (exact) mass is 398 g/mol. The number of anilines is 1. The number of nitro groups is 1. The molecule has 1 aliphatic heterocycles. The zero-order valence-corrected chi connectivity index (χ0v) is 15.9. The van der Waals surface area contributed by atoms with E-state index in [1.54, 1.807) is 24.3 Å². The highest BCUT2D eigenvalue weighted by Crippen LogP contribution is 2.22. The van der Waals surface area contributed by atoms with Gasteiger partial charge in [0.05, 0.1) is 31.1 Å². The second-order valence-corrected chi connectivity index (χ2v) is 7.09. The Morgan fingerprint density at radius 1 is 1.10 bits per heavy atom. The third kappa shape index (κ3) is 4.09. The molecule has 9 heteroatoms. The van der Waals surface area contributed by atoms with E-state index in [1.807, 2.05) is 0 Å². The van der Waals surface area contributed by atoms with E-state index in [2.05, 4.69) is 22.0 Å². The van der Waals surface area contributed by atoms with Crippen molar-refractivity contribution in [2.45, 2.75) is 13.0 Å². The number of quaternary nitrogens is 1. The molecule has 2 aromatic carbocycles. The average molecular weight is 398 g/mol. The summed E-state index contributed by atoms with van der Waals surface area (Å²) in [6.07, 6.45) is 0. The molecule has 1 saturated heterocycles. The lowest BCUT2D eigenvalue weighted by atomic mass is 10.2. The Morgan fingerprint density at radius 3 is 2.38 bits per heavy atom. The number of benzene rings is 2. The molecule has 0 saturated carbocycles. The molecule has 4 rings (SSSR count). The van der Waals surface area contributed by atoms with Crippen LogP contribution < -0.4 is 9.80 Å². The van der Waals surface area contributed by atoms with Crippen LogP contribution in [0.4, 0.5) is 15.8 Å². The fourth-order valence-electron chi connectivity index (χ4n) is 3.56. The summed E-state index contributed by atoms with van der Waals surface area (Å²) in [5.41, 5.74) is 1.69. The largest absolute Gasteiger partial charge is 0.415 e. The van der Waals surface area contributed by atoms with Crippen molar-refractivity contribution in [3.8, 4) is 11.5 Å². The third-order valence-electron chi connectivity index (χ3n) is 5.35. The van der Waals surface area contributed by atoms with Crippen molar-refractivity contribution in [1.82, 2.24) is 10.2 Å². The van der Waals surface area contributed by atoms with Gasteiger partial charge in [-0.25, -0.2) is 4.39 Å². The Hall–Kier alpha value is -3.33. The van der Waals surface area contributed by atoms with E-state index >= 15 is 0 Å². The van der Waals surface area contributed by atoms with Crippen LogP contribution in [-0.4, -0.2) is 41.3 Å². The maximum atomic E-state index is 13.1. The second-order valence-electron chi connectivity index (χ2n) is 7.09. The number of piperazine rings is 1. The minimum atomic E-state index is -0.444. The van der Waals surface area contributed by atoms with Gasteiger partial charge in [-0.3, -0.25) is 10.1 Å². The first-order valence-electron chi connectivity index (χ1n) is 9.44. The molecular formula is C20H21FN5O3+. The molecule has 0 radical (unpaired) electrons. The minimum Gasteiger partial charge on any atom is -0.415 e. The topological polar surface area (TPSA) is 89.7 Å². The lowest BCUT2D eigenvalue weighted by molar-refractivity contribution is -0.931. The van der Waals surface area contributed by atoms with Crippen molar-refractivity contribution in [3.63, 3.8) is 0 Å². The van der Waals surface area contributed by atoms with E-state index in [0.717, 1.165) is 31.9 Å². The summed E-state index contributed by atoms with van der Waals surface area (Å²) in [7, 11) is 0. The molecule has 0 unspecified atom stereocenters. The molecule has 0 aliphatic carbocycles. The second kappa shape index (κ2) is 7.96. The number of hydrogen-bond donors (Lipinski definition) is 1. The van der Waals surface area contributed by atoms with Gasteiger partial charge in [0, 0.05) is 23.4 Å². The smallest absolute Gasteiger partial charge is 0.274 e. The van der Waals surface area contributed by atoms with Crippen LogP contribution in [0.25, 0.3) is 11.5 Å². The van der Waals surface area contributed by atoms with Crippen molar-refractivity contribution in [1.29, 1.82) is 0 Å². The van der Waals surface area contributed by atoms with Crippen LogP contribution in [-0.2, 0) is 0 Å². The van der Waals surface area contributed by atoms with Crippen LogP contribution in [0, 0.1) is 15.9 Å². The summed E-state index contributed by atoms with van der Waals surface area (Å²) in [5.74, 6) is 0.668. The Bertz CT molecular complexity index is 982. The zero-order valence-electron chi connectivity index (χ0n) is 15.9. The first kappa shape index (κ1) is 19.0. The first-order chi connectivity index (χ1) is 14.0. The molecule has 3 aromatic rings. The number of halogens is 1. The van der Waals surface area contributed by atoms with Crippen molar-refractivity contribution >= 4 is 11.4 Å². The van der Waals surface area contributed by atoms with Gasteiger partial charge in [-0.05, 0) is 43.3 Å². The number of nitrogens with zero attached hydrogens (tertiary/aromatic N) is 4. The molecule has 1 atom stereocenters. The molecule has 1 aromatic heterocycles. The first-order valence-corrected chi connectivity index (χ1v) is 9.44. The van der Waals surface area contributed by atoms with Gasteiger partial charge in [-0.15, -0.1) is 10.2 Å². The molecule has 0 amide bonds. The van der Waals surface area contributed by atoms with E-state index < -0.39 is 4.92 Å². The molecule has 150 valence electrons. The summed E-state index contributed by atoms with van der Waals surface area (Å²) >= 11 is 0. The van der Waals surface area contributed by atoms with Gasteiger partial charge in [0.15, 0.2) is 6.04 Å². The van der Waals surface area contributed by atoms with E-state index in [0.29, 0.717) is 17.3 Å². The zero-order chi connectivity index (χ0) is 20.4. The van der Waals surface area contributed by atoms with E-state index in [9.17, 15) is 14.5 Å². The van der Waals surface area contributed by atoms with Crippen molar-refractivity contribution in [2.75, 3.05) is 31.1 Å². The maximum absolute atomic E-state index is 13.1. The number of non-ortho nitro benzene ring substituents is 1. The number of hydrogen-bond acceptors (Lipinski definition) is 6. The SMILES string of the molecule is C[C@H](c1nnc(-c2ccc([N+](=O)[O-])cc2)o1)[NH+]1CCN(c2ccc(F)cc2)CC1. The predicted molar refractivity (Wildman–Crippen MR) is 104 cm³/mol. The number of rotatable bonds is 5. The molecule has 0 spiro atoms. The molecule has 1 aliphatic rings. The Balaban J connectivity index is 1.40. The van der Waals surface area contributed by atoms with Crippen molar-refractivity contribution in [2.24, 2.45) is 0 Å². The van der Waals surface area contributed by atoms with Crippen LogP contribution in [0.5, 0.6) is 0 Å². The fraction of sp³-hybridized carbons (Fsp3) is 0.300. The summed E-state index contributed by atoms with van der Waals surface area (Å²) < 4.78 is 19.0. The predicted octanol–water partition coefficient (Wildman–Crippen LogP) is 2.25. The van der Waals surface area contributed by atoms with Gasteiger partial charge >= 0.3 is 0 Å². The highest BCUT2D eigenvalue weighted by molar-refractivity contribution is 5.55. The molecule has 2 heterocycles. The van der Waals surface area contributed by atoms with Gasteiger partial charge in [0.25, 0.3) is 11.6 Å². The summed E-state index contributed by atoms with van der Waals surface area (Å²) in [6, 6.07) is 12.7. The Kier molecular flexibility index (Phi) is 5.22. The van der Waals surface area contributed by atoms with Crippen molar-refractivity contribution < 1.29 is 18.6 Å². The van der Waals surface area contributed by atoms with Crippen LogP contribution in [0.2, 0.25) is 0 Å². The summed E-state index contributed by atoms with van der Waals surface area (Å²) in [4.78, 5) is 13.9. The normalized spacial score (nSPS) is 16.0. The number of nitrogens with one attached hydrogen (secondary N) is 1. The van der Waals surface area contributed by atoms with Crippen molar-refractivity contribution in [3.05, 3.63) is 70.4 Å². The highest BCUT2D eigenvalue weighted by atomic mass is 19.1. The van der Waals surface area contributed by atoms with E-state index in [-0.39, 0.29) is 17.5 Å². The van der Waals surface area contributed by atoms with Gasteiger partial charge in [-0.2, -0.15) is 0 Å². The fourth-order valence-corrected chi connectivity index (χ4v) is 3.56. The quantitative estimate of drug-likeness (QED) is 0.524. The minimum absolute atomic E-state index is 0.0188. The molecule has 1 N–H and O–H groups in total. The summed E-state index contributed by atoms with van der Waals surface area (Å²) in [6.45, 7) is 5.56. The van der Waals surface area contributed by atoms with Gasteiger partial charge in [0.2, 0.25) is 5.89 Å². The molecular weight excluding hydrogens is 377 g/mol. The van der Waals surface area contributed by atoms with Crippen LogP contribution >= 0.6 is 0 Å². The maximum Gasteiger partial charge on any atom is 0.274 e. The molecule has 1 fully saturated rings. The van der Waals surface area contributed by atoms with Gasteiger partial charge in [0.1, 0.15) is 5.82 Å². The highest BCUT2D eigenvalue weighted by Gasteiger charge is 2.29. The molecule has 0 bridgehead atoms. The third-order valence-corrected chi connectivity index (χ3v) is 5.35. The van der Waals surface area contributed by atoms with E-state index in [1.165, 1.54) is 29.2 Å². The average Bonchev–Trinajstić information content (AvgIpc) is 3.24. The lowest BCUT2D eigenvalue weighted by Gasteiger charge is -2.35. The van der Waals surface area contributed by atoms with Crippen LogP contribution in [0.15, 0.2) is 52.9 Å². The Labute approximate surface area is 166 Å². The van der Waals surface area contributed by atoms with Gasteiger partial charge in [-0.1, -0.05) is 0 Å². The van der Waals surface area contributed by atoms with Crippen LogP contribution in [0.1, 0.15) is 18.9 Å². The summed E-state index contributed by atoms with van der Waals surface area (Å²) in [5, 5.41) is 19.1. The lowest BCUT2D eigenvalue weighted by Crippen LogP contribution is -3.14. The molecule has 8 nitrogen and oxygen atoms in total. The standard InChI is InChI=1S/C20H20FN5O3/c1-14(24-10-12-25(13-11-24)17-8-4-16(21)5-9-17)19-22-23-20(29-19)15-2-6-18(7-3-15)26(27)28/h2-9,14H,10-13H2,1H3/p+1/t14-/m1/s1. The number of aromatic nitrogens is 2. The van der Waals surface area contributed by atoms with E-state index in [4.69, 9.17) is 4.42 Å². The Morgan fingerprint density at radius 2 is 1.76 bits per heavy atom. The van der Waals surface area contributed by atoms with Gasteiger partial charge < -0.3 is 14.2 Å². The van der Waals surface area contributed by atoms with Crippen LogP contribution in [0.3, 0.4) is 0 Å².